The number of aromatic nitrogens is 2. The van der Waals surface area contributed by atoms with Crippen molar-refractivity contribution < 1.29 is 14.3 Å². The second-order valence-electron chi connectivity index (χ2n) is 4.38. The van der Waals surface area contributed by atoms with Crippen LogP contribution in [0, 0.1) is 0 Å². The fourth-order valence-electron chi connectivity index (χ4n) is 1.71. The van der Waals surface area contributed by atoms with Crippen LogP contribution in [0.1, 0.15) is 29.2 Å². The van der Waals surface area contributed by atoms with Crippen LogP contribution in [0.4, 0.5) is 5.13 Å². The Morgan fingerprint density at radius 2 is 2.14 bits per heavy atom. The van der Waals surface area contributed by atoms with Gasteiger partial charge in [-0.3, -0.25) is 10.1 Å². The topological polar surface area (TPSA) is 73.3 Å². The number of hydrogen-bond donors (Lipinski definition) is 1. The number of nitrogens with zero attached hydrogens (tertiary/aromatic N) is 2. The molecule has 0 spiro atoms. The number of aryl methyl sites for hydroxylation is 1. The van der Waals surface area contributed by atoms with E-state index in [1.165, 1.54) is 11.3 Å². The number of amides is 1. The van der Waals surface area contributed by atoms with Gasteiger partial charge in [-0.1, -0.05) is 24.3 Å². The second kappa shape index (κ2) is 8.45. The van der Waals surface area contributed by atoms with Gasteiger partial charge in [-0.05, 0) is 31.5 Å². The largest absolute Gasteiger partial charge is 0.491 e. The molecule has 6 nitrogen and oxygen atoms in total. The number of rotatable bonds is 8. The molecule has 0 saturated carbocycles. The van der Waals surface area contributed by atoms with Gasteiger partial charge in [0.1, 0.15) is 17.4 Å². The van der Waals surface area contributed by atoms with Crippen molar-refractivity contribution in [3.05, 3.63) is 34.8 Å². The van der Waals surface area contributed by atoms with Gasteiger partial charge in [0.05, 0.1) is 6.61 Å². The normalized spacial score (nSPS) is 10.5. The molecule has 0 bridgehead atoms. The summed E-state index contributed by atoms with van der Waals surface area (Å²) in [5.41, 5.74) is 0.516. The van der Waals surface area contributed by atoms with Gasteiger partial charge < -0.3 is 9.47 Å². The van der Waals surface area contributed by atoms with E-state index in [2.05, 4.69) is 15.5 Å². The molecule has 1 N–H and O–H groups in total. The van der Waals surface area contributed by atoms with Crippen molar-refractivity contribution >= 4 is 22.4 Å². The van der Waals surface area contributed by atoms with E-state index < -0.39 is 0 Å². The van der Waals surface area contributed by atoms with Crippen LogP contribution in [0.15, 0.2) is 24.3 Å². The predicted octanol–water partition coefficient (Wildman–Crippen LogP) is 2.77. The summed E-state index contributed by atoms with van der Waals surface area (Å²) in [4.78, 5) is 12.2. The Hall–Kier alpha value is -1.99. The fourth-order valence-corrected chi connectivity index (χ4v) is 2.38. The van der Waals surface area contributed by atoms with Gasteiger partial charge in [0.15, 0.2) is 0 Å². The highest BCUT2D eigenvalue weighted by molar-refractivity contribution is 7.15. The first-order valence-electron chi connectivity index (χ1n) is 7.17. The van der Waals surface area contributed by atoms with Crippen molar-refractivity contribution in [2.45, 2.75) is 20.3 Å². The summed E-state index contributed by atoms with van der Waals surface area (Å²) >= 11 is 1.38. The van der Waals surface area contributed by atoms with Gasteiger partial charge in [0.25, 0.3) is 5.91 Å². The molecule has 22 heavy (non-hydrogen) atoms. The van der Waals surface area contributed by atoms with Gasteiger partial charge in [-0.15, -0.1) is 10.2 Å². The van der Waals surface area contributed by atoms with Crippen LogP contribution in [-0.2, 0) is 11.2 Å². The molecule has 0 atom stereocenters. The van der Waals surface area contributed by atoms with Gasteiger partial charge >= 0.3 is 0 Å². The van der Waals surface area contributed by atoms with Gasteiger partial charge in [0, 0.05) is 12.2 Å². The van der Waals surface area contributed by atoms with E-state index in [0.29, 0.717) is 36.3 Å². The number of anilines is 1. The zero-order valence-electron chi connectivity index (χ0n) is 12.7. The molecule has 0 unspecified atom stereocenters. The first-order valence-corrected chi connectivity index (χ1v) is 7.99. The van der Waals surface area contributed by atoms with E-state index in [1.807, 2.05) is 19.9 Å². The smallest absolute Gasteiger partial charge is 0.257 e. The van der Waals surface area contributed by atoms with E-state index in [1.54, 1.807) is 18.2 Å². The van der Waals surface area contributed by atoms with Crippen molar-refractivity contribution in [2.75, 3.05) is 25.1 Å². The number of hydrogen-bond acceptors (Lipinski definition) is 6. The van der Waals surface area contributed by atoms with Crippen molar-refractivity contribution in [1.29, 1.82) is 0 Å². The maximum Gasteiger partial charge on any atom is 0.257 e. The lowest BCUT2D eigenvalue weighted by Crippen LogP contribution is -2.12. The summed E-state index contributed by atoms with van der Waals surface area (Å²) in [7, 11) is 0. The highest BCUT2D eigenvalue weighted by atomic mass is 32.1. The average Bonchev–Trinajstić information content (AvgIpc) is 2.99. The SMILES string of the molecule is CCOCCOc1cccc(C(=O)Nc2nnc(CC)s2)c1. The lowest BCUT2D eigenvalue weighted by atomic mass is 10.2. The zero-order valence-corrected chi connectivity index (χ0v) is 13.5. The summed E-state index contributed by atoms with van der Waals surface area (Å²) in [5.74, 6) is 0.410. The number of carbonyl (C=O) groups excluding carboxylic acids is 1. The maximum atomic E-state index is 12.2. The Morgan fingerprint density at radius 1 is 1.27 bits per heavy atom. The molecule has 1 aromatic carbocycles. The molecule has 0 aliphatic heterocycles. The van der Waals surface area contributed by atoms with Crippen LogP contribution in [-0.4, -0.2) is 35.9 Å². The van der Waals surface area contributed by atoms with Crippen molar-refractivity contribution in [3.8, 4) is 5.75 Å². The number of carbonyl (C=O) groups is 1. The summed E-state index contributed by atoms with van der Waals surface area (Å²) in [6, 6.07) is 7.01. The minimum absolute atomic E-state index is 0.228. The molecule has 0 aliphatic carbocycles. The fraction of sp³-hybridized carbons (Fsp3) is 0.400. The third kappa shape index (κ3) is 4.78. The van der Waals surface area contributed by atoms with E-state index >= 15 is 0 Å². The van der Waals surface area contributed by atoms with Crippen molar-refractivity contribution in [3.63, 3.8) is 0 Å². The summed E-state index contributed by atoms with van der Waals surface area (Å²) in [6.45, 7) is 5.57. The first kappa shape index (κ1) is 16.4. The van der Waals surface area contributed by atoms with Crippen molar-refractivity contribution in [1.82, 2.24) is 10.2 Å². The molecular weight excluding hydrogens is 302 g/mol. The number of ether oxygens (including phenoxy) is 2. The Kier molecular flexibility index (Phi) is 6.29. The average molecular weight is 321 g/mol. The third-order valence-corrected chi connectivity index (χ3v) is 3.77. The van der Waals surface area contributed by atoms with Gasteiger partial charge in [-0.25, -0.2) is 0 Å². The van der Waals surface area contributed by atoms with Gasteiger partial charge in [-0.2, -0.15) is 0 Å². The quantitative estimate of drug-likeness (QED) is 0.757. The van der Waals surface area contributed by atoms with Crippen molar-refractivity contribution in [2.24, 2.45) is 0 Å². The second-order valence-corrected chi connectivity index (χ2v) is 5.44. The Bertz CT molecular complexity index is 616. The Morgan fingerprint density at radius 3 is 2.86 bits per heavy atom. The molecule has 118 valence electrons. The van der Waals surface area contributed by atoms with Crippen LogP contribution >= 0.6 is 11.3 Å². The molecule has 0 fully saturated rings. The lowest BCUT2D eigenvalue weighted by Gasteiger charge is -2.07. The minimum Gasteiger partial charge on any atom is -0.491 e. The number of nitrogens with one attached hydrogen (secondary N) is 1. The molecular formula is C15H19N3O3S. The molecule has 1 heterocycles. The molecule has 2 aromatic rings. The summed E-state index contributed by atoms with van der Waals surface area (Å²) < 4.78 is 10.7. The lowest BCUT2D eigenvalue weighted by molar-refractivity contribution is 0.102. The van der Waals surface area contributed by atoms with E-state index in [0.717, 1.165) is 11.4 Å². The molecule has 2 rings (SSSR count). The third-order valence-electron chi connectivity index (χ3n) is 2.79. The highest BCUT2D eigenvalue weighted by Crippen LogP contribution is 2.18. The molecule has 0 saturated heterocycles. The highest BCUT2D eigenvalue weighted by Gasteiger charge is 2.10. The van der Waals surface area contributed by atoms with E-state index in [4.69, 9.17) is 9.47 Å². The molecule has 1 aromatic heterocycles. The van der Waals surface area contributed by atoms with Crippen LogP contribution in [0.5, 0.6) is 5.75 Å². The summed E-state index contributed by atoms with van der Waals surface area (Å²) in [6.07, 6.45) is 0.802. The molecule has 0 radical (unpaired) electrons. The molecule has 1 amide bonds. The Balaban J connectivity index is 1.94. The van der Waals surface area contributed by atoms with Crippen LogP contribution in [0.25, 0.3) is 0 Å². The predicted molar refractivity (Wildman–Crippen MR) is 85.7 cm³/mol. The minimum atomic E-state index is -0.228. The first-order chi connectivity index (χ1) is 10.7. The standard InChI is InChI=1S/C15H19N3O3S/c1-3-13-17-18-15(22-13)16-14(19)11-6-5-7-12(10-11)21-9-8-20-4-2/h5-7,10H,3-4,8-9H2,1-2H3,(H,16,18,19). The monoisotopic (exact) mass is 321 g/mol. The van der Waals surface area contributed by atoms with Crippen LogP contribution in [0.2, 0.25) is 0 Å². The van der Waals surface area contributed by atoms with Gasteiger partial charge in [0.2, 0.25) is 5.13 Å². The van der Waals surface area contributed by atoms with E-state index in [9.17, 15) is 4.79 Å². The molecule has 0 aliphatic rings. The number of benzene rings is 1. The Labute approximate surface area is 133 Å². The maximum absolute atomic E-state index is 12.2. The molecule has 7 heteroatoms. The zero-order chi connectivity index (χ0) is 15.8. The van der Waals surface area contributed by atoms with Crippen LogP contribution < -0.4 is 10.1 Å². The van der Waals surface area contributed by atoms with E-state index in [-0.39, 0.29) is 5.91 Å². The van der Waals surface area contributed by atoms with Crippen LogP contribution in [0.3, 0.4) is 0 Å². The summed E-state index contributed by atoms with van der Waals surface area (Å²) in [5, 5.41) is 12.0.